The van der Waals surface area contributed by atoms with Crippen LogP contribution in [-0.2, 0) is 0 Å². The smallest absolute Gasteiger partial charge is 0.0620 e. The zero-order valence-electron chi connectivity index (χ0n) is 17.3. The van der Waals surface area contributed by atoms with E-state index in [1.807, 2.05) is 0 Å². The molecule has 0 aliphatic heterocycles. The standard InChI is InChI=1S/C30H18N2/c1-3-10-26-20(6-1)21-14-12-18(16-27(21)31-26)19-13-15-23-25-9-5-8-24-22-7-2-4-11-28(22)32(30(24)25)29(23)17-19/h1-17,31H. The van der Waals surface area contributed by atoms with Gasteiger partial charge in [-0.2, -0.15) is 0 Å². The van der Waals surface area contributed by atoms with Crippen LogP contribution in [0.5, 0.6) is 0 Å². The highest BCUT2D eigenvalue weighted by molar-refractivity contribution is 6.23. The molecular weight excluding hydrogens is 388 g/mol. The largest absolute Gasteiger partial charge is 0.354 e. The van der Waals surface area contributed by atoms with E-state index in [9.17, 15) is 0 Å². The Morgan fingerprint density at radius 1 is 0.438 bits per heavy atom. The Bertz CT molecular complexity index is 1980. The van der Waals surface area contributed by atoms with Crippen molar-refractivity contribution in [3.8, 4) is 11.1 Å². The predicted molar refractivity (Wildman–Crippen MR) is 136 cm³/mol. The molecule has 2 heteroatoms. The normalized spacial score (nSPS) is 12.4. The lowest BCUT2D eigenvalue weighted by molar-refractivity contribution is 1.37. The van der Waals surface area contributed by atoms with Crippen LogP contribution in [0.3, 0.4) is 0 Å². The molecule has 3 heterocycles. The SMILES string of the molecule is c1ccc2c(c1)[nH]c1cc(-c3ccc4c5cccc6c7ccccc7n(c4c3)c65)ccc12. The molecule has 0 fully saturated rings. The van der Waals surface area contributed by atoms with Gasteiger partial charge in [0.1, 0.15) is 0 Å². The summed E-state index contributed by atoms with van der Waals surface area (Å²) in [6.07, 6.45) is 0. The Balaban J connectivity index is 1.45. The van der Waals surface area contributed by atoms with E-state index in [1.165, 1.54) is 71.0 Å². The minimum absolute atomic E-state index is 1.18. The average molecular weight is 406 g/mol. The summed E-state index contributed by atoms with van der Waals surface area (Å²) < 4.78 is 2.44. The highest BCUT2D eigenvalue weighted by atomic mass is 14.9. The number of benzene rings is 5. The molecule has 0 spiro atoms. The summed E-state index contributed by atoms with van der Waals surface area (Å²) in [4.78, 5) is 3.59. The van der Waals surface area contributed by atoms with Gasteiger partial charge >= 0.3 is 0 Å². The van der Waals surface area contributed by atoms with Gasteiger partial charge in [-0.1, -0.05) is 78.9 Å². The van der Waals surface area contributed by atoms with Gasteiger partial charge < -0.3 is 9.38 Å². The minimum Gasteiger partial charge on any atom is -0.354 e. The van der Waals surface area contributed by atoms with E-state index >= 15 is 0 Å². The van der Waals surface area contributed by atoms with Crippen molar-refractivity contribution < 1.29 is 0 Å². The van der Waals surface area contributed by atoms with Crippen LogP contribution in [0.4, 0.5) is 0 Å². The number of aromatic nitrogens is 2. The van der Waals surface area contributed by atoms with Gasteiger partial charge in [0.25, 0.3) is 0 Å². The van der Waals surface area contributed by atoms with Gasteiger partial charge in [-0.25, -0.2) is 0 Å². The van der Waals surface area contributed by atoms with Crippen molar-refractivity contribution >= 4 is 59.9 Å². The van der Waals surface area contributed by atoms with E-state index in [1.54, 1.807) is 0 Å². The van der Waals surface area contributed by atoms with Crippen LogP contribution in [-0.4, -0.2) is 9.38 Å². The van der Waals surface area contributed by atoms with Crippen molar-refractivity contribution in [1.29, 1.82) is 0 Å². The number of rotatable bonds is 1. The zero-order valence-corrected chi connectivity index (χ0v) is 17.3. The number of nitrogens with zero attached hydrogens (tertiary/aromatic N) is 1. The summed E-state index contributed by atoms with van der Waals surface area (Å²) >= 11 is 0. The first-order valence-corrected chi connectivity index (χ1v) is 11.0. The second-order valence-electron chi connectivity index (χ2n) is 8.72. The first-order chi connectivity index (χ1) is 15.9. The Morgan fingerprint density at radius 3 is 1.94 bits per heavy atom. The molecule has 0 saturated heterocycles. The van der Waals surface area contributed by atoms with Crippen LogP contribution < -0.4 is 0 Å². The van der Waals surface area contributed by atoms with Crippen LogP contribution in [0.15, 0.2) is 103 Å². The van der Waals surface area contributed by atoms with Crippen LogP contribution in [0.1, 0.15) is 0 Å². The molecule has 5 aromatic carbocycles. The van der Waals surface area contributed by atoms with Gasteiger partial charge in [0.05, 0.1) is 16.6 Å². The van der Waals surface area contributed by atoms with E-state index in [0.717, 1.165) is 0 Å². The van der Waals surface area contributed by atoms with E-state index in [2.05, 4.69) is 113 Å². The maximum absolute atomic E-state index is 3.59. The fourth-order valence-electron chi connectivity index (χ4n) is 5.64. The number of nitrogens with one attached hydrogen (secondary N) is 1. The molecule has 2 nitrogen and oxygen atoms in total. The molecule has 0 atom stereocenters. The number of hydrogen-bond donors (Lipinski definition) is 1. The molecule has 0 radical (unpaired) electrons. The van der Waals surface area contributed by atoms with Crippen molar-refractivity contribution in [3.63, 3.8) is 0 Å². The number of aromatic amines is 1. The molecule has 0 amide bonds. The molecular formula is C30H18N2. The average Bonchev–Trinajstić information content (AvgIpc) is 3.50. The molecule has 8 rings (SSSR count). The van der Waals surface area contributed by atoms with Gasteiger partial charge in [0.2, 0.25) is 0 Å². The predicted octanol–water partition coefficient (Wildman–Crippen LogP) is 8.14. The fraction of sp³-hybridized carbons (Fsp3) is 0. The van der Waals surface area contributed by atoms with Gasteiger partial charge in [0.15, 0.2) is 0 Å². The summed E-state index contributed by atoms with van der Waals surface area (Å²) in [5.74, 6) is 0. The summed E-state index contributed by atoms with van der Waals surface area (Å²) in [5, 5.41) is 7.84. The lowest BCUT2D eigenvalue weighted by Crippen LogP contribution is -1.83. The van der Waals surface area contributed by atoms with E-state index in [0.29, 0.717) is 0 Å². The Hall–Kier alpha value is -4.30. The van der Waals surface area contributed by atoms with E-state index < -0.39 is 0 Å². The molecule has 32 heavy (non-hydrogen) atoms. The highest BCUT2D eigenvalue weighted by Gasteiger charge is 2.17. The van der Waals surface area contributed by atoms with Crippen LogP contribution in [0, 0.1) is 0 Å². The Kier molecular flexibility index (Phi) is 2.91. The number of H-pyrrole nitrogens is 1. The van der Waals surface area contributed by atoms with Crippen LogP contribution in [0.2, 0.25) is 0 Å². The lowest BCUT2D eigenvalue weighted by Gasteiger charge is -2.04. The molecule has 3 aromatic heterocycles. The first kappa shape index (κ1) is 16.4. The van der Waals surface area contributed by atoms with E-state index in [-0.39, 0.29) is 0 Å². The van der Waals surface area contributed by atoms with Crippen molar-refractivity contribution in [1.82, 2.24) is 9.38 Å². The molecule has 0 aliphatic carbocycles. The quantitative estimate of drug-likeness (QED) is 0.284. The minimum atomic E-state index is 1.18. The van der Waals surface area contributed by atoms with Crippen LogP contribution in [0.25, 0.3) is 71.0 Å². The number of hydrogen-bond acceptors (Lipinski definition) is 0. The van der Waals surface area contributed by atoms with Gasteiger partial charge in [0, 0.05) is 43.4 Å². The Labute approximate surface area is 183 Å². The first-order valence-electron chi connectivity index (χ1n) is 11.0. The van der Waals surface area contributed by atoms with E-state index in [4.69, 9.17) is 0 Å². The zero-order chi connectivity index (χ0) is 20.8. The molecule has 0 unspecified atom stereocenters. The maximum atomic E-state index is 3.59. The lowest BCUT2D eigenvalue weighted by atomic mass is 10.0. The van der Waals surface area contributed by atoms with Crippen molar-refractivity contribution in [2.45, 2.75) is 0 Å². The van der Waals surface area contributed by atoms with Crippen molar-refractivity contribution in [2.24, 2.45) is 0 Å². The third-order valence-corrected chi connectivity index (χ3v) is 7.06. The monoisotopic (exact) mass is 406 g/mol. The molecule has 0 bridgehead atoms. The molecule has 148 valence electrons. The molecule has 0 aliphatic rings. The number of fused-ring (bicyclic) bond motifs is 9. The third-order valence-electron chi connectivity index (χ3n) is 7.06. The highest BCUT2D eigenvalue weighted by Crippen LogP contribution is 2.40. The summed E-state index contributed by atoms with van der Waals surface area (Å²) in [7, 11) is 0. The number of para-hydroxylation sites is 3. The van der Waals surface area contributed by atoms with Gasteiger partial charge in [-0.3, -0.25) is 0 Å². The molecule has 8 aromatic rings. The van der Waals surface area contributed by atoms with Crippen LogP contribution >= 0.6 is 0 Å². The summed E-state index contributed by atoms with van der Waals surface area (Å²) in [6, 6.07) is 37.6. The molecule has 1 N–H and O–H groups in total. The van der Waals surface area contributed by atoms with Gasteiger partial charge in [-0.15, -0.1) is 0 Å². The summed E-state index contributed by atoms with van der Waals surface area (Å²) in [6.45, 7) is 0. The third kappa shape index (κ3) is 1.95. The summed E-state index contributed by atoms with van der Waals surface area (Å²) in [5.41, 5.74) is 8.71. The molecule has 0 saturated carbocycles. The second-order valence-corrected chi connectivity index (χ2v) is 8.72. The van der Waals surface area contributed by atoms with Crippen molar-refractivity contribution in [3.05, 3.63) is 103 Å². The topological polar surface area (TPSA) is 20.2 Å². The second kappa shape index (κ2) is 5.68. The fourth-order valence-corrected chi connectivity index (χ4v) is 5.64. The van der Waals surface area contributed by atoms with Crippen molar-refractivity contribution in [2.75, 3.05) is 0 Å². The van der Waals surface area contributed by atoms with Gasteiger partial charge in [-0.05, 0) is 35.4 Å². The Morgan fingerprint density at radius 2 is 1.06 bits per heavy atom. The maximum Gasteiger partial charge on any atom is 0.0620 e.